The highest BCUT2D eigenvalue weighted by molar-refractivity contribution is 7.16. The number of aliphatic hydroxyl groups excluding tert-OH is 1. The van der Waals surface area contributed by atoms with Gasteiger partial charge in [0.2, 0.25) is 5.60 Å². The molecule has 1 saturated carbocycles. The number of fused-ring (bicyclic) bond motifs is 2. The lowest BCUT2D eigenvalue weighted by molar-refractivity contribution is -0.154. The number of thiophene rings is 2. The molecule has 1 amide bonds. The van der Waals surface area contributed by atoms with Crippen molar-refractivity contribution in [2.24, 2.45) is 0 Å². The molecule has 2 atom stereocenters. The molecule has 0 spiro atoms. The number of aryl methyl sites for hydroxylation is 1. The zero-order valence-electron chi connectivity index (χ0n) is 29.1. The lowest BCUT2D eigenvalue weighted by atomic mass is 9.79. The first-order valence-electron chi connectivity index (χ1n) is 17.6. The summed E-state index contributed by atoms with van der Waals surface area (Å²) in [6.07, 6.45) is 3.65. The minimum absolute atomic E-state index is 0.00308. The first-order valence-corrected chi connectivity index (χ1v) is 20.2. The van der Waals surface area contributed by atoms with Gasteiger partial charge in [0.1, 0.15) is 11.4 Å². The third kappa shape index (κ3) is 7.52. The number of carbonyl (C=O) groups is 2. The van der Waals surface area contributed by atoms with Gasteiger partial charge in [-0.1, -0.05) is 23.5 Å². The standard InChI is InChI=1S/C38H42N4O8S3/c1-41(24-8-6-23(7-9-24)25-13-17-52-35(25)38(49,36(46)47)31-4-2-16-51-31)14-3-15-42-27-11-5-22(18-30(27)53-37(42)48)19-39-20-29(44)26-10-12-28(43)33-34(26)50-21-32(45)40-33/h2,4-5,10-13,16-18,23-24,29,39,43-44,49H,3,6-9,14-15,19-21H2,1H3,(H,40,45)(H,46,47)/t23?,24?,29-,38?/m0/s1. The Labute approximate surface area is 317 Å². The van der Waals surface area contributed by atoms with Gasteiger partial charge < -0.3 is 40.7 Å². The largest absolute Gasteiger partial charge is 0.506 e. The van der Waals surface area contributed by atoms with Crippen molar-refractivity contribution in [3.05, 3.63) is 95.4 Å². The number of phenols is 1. The molecule has 7 rings (SSSR count). The fourth-order valence-corrected chi connectivity index (χ4v) is 10.5. The van der Waals surface area contributed by atoms with Crippen molar-refractivity contribution in [1.29, 1.82) is 0 Å². The number of rotatable bonds is 14. The number of ether oxygens (including phenoxy) is 1. The summed E-state index contributed by atoms with van der Waals surface area (Å²) in [6, 6.07) is 14.8. The van der Waals surface area contributed by atoms with E-state index in [4.69, 9.17) is 4.74 Å². The van der Waals surface area contributed by atoms with Crippen molar-refractivity contribution in [3.63, 3.8) is 0 Å². The summed E-state index contributed by atoms with van der Waals surface area (Å²) >= 11 is 3.79. The summed E-state index contributed by atoms with van der Waals surface area (Å²) in [7, 11) is 2.13. The van der Waals surface area contributed by atoms with Crippen LogP contribution in [0.5, 0.6) is 11.5 Å². The maximum Gasteiger partial charge on any atom is 0.347 e. The van der Waals surface area contributed by atoms with Crippen LogP contribution in [0.2, 0.25) is 0 Å². The zero-order valence-corrected chi connectivity index (χ0v) is 31.6. The molecule has 1 fully saturated rings. The van der Waals surface area contributed by atoms with Crippen LogP contribution < -0.4 is 20.2 Å². The van der Waals surface area contributed by atoms with Crippen LogP contribution in [-0.2, 0) is 28.3 Å². The number of nitrogens with zero attached hydrogens (tertiary/aromatic N) is 2. The fraction of sp³-hybridized carbons (Fsp3) is 0.395. The molecule has 1 aliphatic heterocycles. The monoisotopic (exact) mass is 778 g/mol. The second-order valence-electron chi connectivity index (χ2n) is 13.7. The van der Waals surface area contributed by atoms with E-state index in [0.717, 1.165) is 60.0 Å². The van der Waals surface area contributed by atoms with Crippen molar-refractivity contribution >= 4 is 61.8 Å². The van der Waals surface area contributed by atoms with E-state index >= 15 is 0 Å². The van der Waals surface area contributed by atoms with Gasteiger partial charge in [-0.3, -0.25) is 14.2 Å². The van der Waals surface area contributed by atoms with Gasteiger partial charge in [-0.15, -0.1) is 22.7 Å². The zero-order chi connectivity index (χ0) is 37.3. The van der Waals surface area contributed by atoms with Crippen LogP contribution in [0.15, 0.2) is 64.1 Å². The molecule has 4 heterocycles. The molecule has 6 N–H and O–H groups in total. The predicted octanol–water partition coefficient (Wildman–Crippen LogP) is 5.41. The van der Waals surface area contributed by atoms with Crippen molar-refractivity contribution < 1.29 is 34.8 Å². The normalized spacial score (nSPS) is 19.1. The Balaban J connectivity index is 0.902. The number of aliphatic hydroxyl groups is 2. The first-order chi connectivity index (χ1) is 25.5. The number of hydrogen-bond acceptors (Lipinski definition) is 12. The Hall–Kier alpha value is -4.09. The smallest absolute Gasteiger partial charge is 0.347 e. The van der Waals surface area contributed by atoms with E-state index in [0.29, 0.717) is 34.4 Å². The van der Waals surface area contributed by atoms with Gasteiger partial charge in [-0.25, -0.2) is 4.79 Å². The van der Waals surface area contributed by atoms with Crippen LogP contribution in [0.25, 0.3) is 10.2 Å². The first kappa shape index (κ1) is 37.2. The molecule has 1 aliphatic carbocycles. The molecule has 0 bridgehead atoms. The highest BCUT2D eigenvalue weighted by Gasteiger charge is 2.45. The van der Waals surface area contributed by atoms with Crippen LogP contribution in [-0.4, -0.2) is 74.6 Å². The van der Waals surface area contributed by atoms with Gasteiger partial charge in [-0.2, -0.15) is 0 Å². The molecule has 53 heavy (non-hydrogen) atoms. The summed E-state index contributed by atoms with van der Waals surface area (Å²) in [5.74, 6) is -1.30. The average molecular weight is 779 g/mol. The van der Waals surface area contributed by atoms with E-state index in [9.17, 15) is 34.8 Å². The number of aliphatic carboxylic acids is 1. The molecule has 0 saturated heterocycles. The predicted molar refractivity (Wildman–Crippen MR) is 206 cm³/mol. The second kappa shape index (κ2) is 15.7. The maximum absolute atomic E-state index is 13.0. The molecule has 12 nitrogen and oxygen atoms in total. The fourth-order valence-electron chi connectivity index (χ4n) is 7.56. The van der Waals surface area contributed by atoms with Crippen LogP contribution in [0.4, 0.5) is 5.69 Å². The van der Waals surface area contributed by atoms with E-state index in [-0.39, 0.29) is 47.0 Å². The van der Waals surface area contributed by atoms with Gasteiger partial charge in [-0.05, 0) is 110 Å². The number of nitrogens with one attached hydrogen (secondary N) is 2. The van der Waals surface area contributed by atoms with Gasteiger partial charge >= 0.3 is 10.8 Å². The molecule has 0 radical (unpaired) electrons. The molecule has 15 heteroatoms. The highest BCUT2D eigenvalue weighted by atomic mass is 32.1. The van der Waals surface area contributed by atoms with E-state index in [1.165, 1.54) is 40.1 Å². The topological polar surface area (TPSA) is 174 Å². The Kier molecular flexibility index (Phi) is 11.0. The summed E-state index contributed by atoms with van der Waals surface area (Å²) in [5.41, 5.74) is 1.39. The van der Waals surface area contributed by atoms with Crippen LogP contribution in [0, 0.1) is 0 Å². The molecular weight excluding hydrogens is 737 g/mol. The molecule has 2 aromatic carbocycles. The van der Waals surface area contributed by atoms with Gasteiger partial charge in [0, 0.05) is 31.2 Å². The number of thiazole rings is 1. The number of anilines is 1. The number of aromatic hydroxyl groups is 1. The van der Waals surface area contributed by atoms with E-state index in [2.05, 4.69) is 22.6 Å². The minimum atomic E-state index is -2.04. The molecule has 5 aromatic rings. The Bertz CT molecular complexity index is 2150. The Morgan fingerprint density at radius 1 is 1.11 bits per heavy atom. The van der Waals surface area contributed by atoms with Crippen molar-refractivity contribution in [3.8, 4) is 11.5 Å². The molecule has 280 valence electrons. The molecule has 1 unspecified atom stereocenters. The quantitative estimate of drug-likeness (QED) is 0.0801. The summed E-state index contributed by atoms with van der Waals surface area (Å²) in [6.45, 7) is 1.93. The average Bonchev–Trinajstić information content (AvgIpc) is 3.93. The summed E-state index contributed by atoms with van der Waals surface area (Å²) in [5, 5.41) is 52.0. The number of hydrogen-bond donors (Lipinski definition) is 6. The minimum Gasteiger partial charge on any atom is -0.506 e. The number of benzene rings is 2. The molecule has 2 aliphatic rings. The van der Waals surface area contributed by atoms with Crippen molar-refractivity contribution in [1.82, 2.24) is 14.8 Å². The van der Waals surface area contributed by atoms with Gasteiger partial charge in [0.25, 0.3) is 5.91 Å². The number of carbonyl (C=O) groups excluding carboxylic acids is 1. The number of phenolic OH excluding ortho intramolecular Hbond substituents is 1. The van der Waals surface area contributed by atoms with Crippen LogP contribution in [0.3, 0.4) is 0 Å². The third-order valence-corrected chi connectivity index (χ3v) is 13.4. The summed E-state index contributed by atoms with van der Waals surface area (Å²) in [4.78, 5) is 40.4. The molecular formula is C38H42N4O8S3. The van der Waals surface area contributed by atoms with Gasteiger partial charge in [0.05, 0.1) is 26.1 Å². The van der Waals surface area contributed by atoms with Crippen LogP contribution in [0.1, 0.15) is 70.6 Å². The third-order valence-electron chi connectivity index (χ3n) is 10.4. The van der Waals surface area contributed by atoms with E-state index < -0.39 is 17.7 Å². The van der Waals surface area contributed by atoms with Crippen LogP contribution >= 0.6 is 34.0 Å². The SMILES string of the molecule is CN(CCCn1c(=O)sc2cc(CNC[C@H](O)c3ccc(O)c4c3OCC(=O)N4)ccc21)C1CCC(c2ccsc2C(O)(C(=O)O)c2cccs2)CC1. The summed E-state index contributed by atoms with van der Waals surface area (Å²) < 4.78 is 8.24. The number of carboxylic acids is 1. The van der Waals surface area contributed by atoms with Crippen molar-refractivity contribution in [2.75, 3.05) is 32.1 Å². The lowest BCUT2D eigenvalue weighted by Gasteiger charge is -2.35. The lowest BCUT2D eigenvalue weighted by Crippen LogP contribution is -2.38. The Morgan fingerprint density at radius 2 is 1.92 bits per heavy atom. The van der Waals surface area contributed by atoms with Gasteiger partial charge in [0.15, 0.2) is 12.4 Å². The molecule has 3 aromatic heterocycles. The highest BCUT2D eigenvalue weighted by Crippen LogP contribution is 2.45. The maximum atomic E-state index is 13.0. The van der Waals surface area contributed by atoms with E-state index in [1.807, 2.05) is 34.2 Å². The number of aromatic nitrogens is 1. The second-order valence-corrected chi connectivity index (χ2v) is 16.6. The number of amides is 1. The van der Waals surface area contributed by atoms with E-state index in [1.54, 1.807) is 23.6 Å². The number of carboxylic acid groups (broad SMARTS) is 1. The Morgan fingerprint density at radius 3 is 2.68 bits per heavy atom. The van der Waals surface area contributed by atoms with Crippen molar-refractivity contribution in [2.45, 2.75) is 68.9 Å².